The van der Waals surface area contributed by atoms with Gasteiger partial charge in [0.25, 0.3) is 0 Å². The number of aromatic hydroxyl groups is 1. The van der Waals surface area contributed by atoms with Gasteiger partial charge in [-0.15, -0.1) is 0 Å². The number of phenols is 1. The molecule has 0 fully saturated rings. The summed E-state index contributed by atoms with van der Waals surface area (Å²) in [4.78, 5) is 13.6. The quantitative estimate of drug-likeness (QED) is 0.0594. The average Bonchev–Trinajstić information content (AvgIpc) is 3.06. The number of rotatable bonds is 32. The number of hydrogen-bond donors (Lipinski definition) is 1. The van der Waals surface area contributed by atoms with Gasteiger partial charge in [-0.2, -0.15) is 11.8 Å². The Kier molecular flexibility index (Phi) is 26.5. The van der Waals surface area contributed by atoms with Gasteiger partial charge in [0.15, 0.2) is 0 Å². The lowest BCUT2D eigenvalue weighted by Crippen LogP contribution is -2.35. The molecule has 0 aromatic heterocycles. The molecule has 0 spiro atoms. The van der Waals surface area contributed by atoms with E-state index in [1.807, 2.05) is 38.6 Å². The lowest BCUT2D eigenvalue weighted by Gasteiger charge is -2.28. The van der Waals surface area contributed by atoms with Crippen molar-refractivity contribution in [3.8, 4) is 5.75 Å². The first kappa shape index (κ1) is 46.8. The maximum absolute atomic E-state index is 13.6. The molecule has 5 heteroatoms. The summed E-state index contributed by atoms with van der Waals surface area (Å²) in [6.07, 6.45) is 29.9. The maximum Gasteiger partial charge on any atom is 0.312 e. The lowest BCUT2D eigenvalue weighted by atomic mass is 9.80. The highest BCUT2D eigenvalue weighted by molar-refractivity contribution is 7.99. The minimum atomic E-state index is -0.686. The molecule has 0 saturated carbocycles. The van der Waals surface area contributed by atoms with Crippen LogP contribution in [-0.4, -0.2) is 41.9 Å². The Hall–Kier alpha value is -1.20. The third kappa shape index (κ3) is 22.7. The van der Waals surface area contributed by atoms with Crippen molar-refractivity contribution in [1.29, 1.82) is 0 Å². The SMILES string of the molecule is CCCCCCCCCCCCCCCCCCSCC(COCCCCCCCC)OC(=O)C(C)(C)Cc1cc(C)c(O)c(C(C)(C)C)c1. The number of esters is 1. The zero-order valence-corrected chi connectivity index (χ0v) is 35.2. The zero-order chi connectivity index (χ0) is 37.1. The largest absolute Gasteiger partial charge is 0.507 e. The van der Waals surface area contributed by atoms with E-state index in [2.05, 4.69) is 40.7 Å². The number of benzene rings is 1. The molecular weight excluding hydrogens is 637 g/mol. The van der Waals surface area contributed by atoms with Gasteiger partial charge in [-0.05, 0) is 67.9 Å². The predicted molar refractivity (Wildman–Crippen MR) is 220 cm³/mol. The number of hydrogen-bond acceptors (Lipinski definition) is 5. The first-order chi connectivity index (χ1) is 23.9. The first-order valence-electron chi connectivity index (χ1n) is 21.1. The summed E-state index contributed by atoms with van der Waals surface area (Å²) < 4.78 is 12.3. The van der Waals surface area contributed by atoms with Crippen LogP contribution in [0.4, 0.5) is 0 Å². The van der Waals surface area contributed by atoms with Crippen LogP contribution in [0.15, 0.2) is 12.1 Å². The van der Waals surface area contributed by atoms with Crippen molar-refractivity contribution in [2.75, 3.05) is 24.7 Å². The predicted octanol–water partition coefficient (Wildman–Crippen LogP) is 13.9. The third-order valence-electron chi connectivity index (χ3n) is 10.0. The van der Waals surface area contributed by atoms with E-state index in [1.165, 1.54) is 135 Å². The molecule has 0 aliphatic carbocycles. The fraction of sp³-hybridized carbons (Fsp3) is 0.844. The van der Waals surface area contributed by atoms with Crippen molar-refractivity contribution in [3.63, 3.8) is 0 Å². The average molecular weight is 719 g/mol. The van der Waals surface area contributed by atoms with Crippen LogP contribution < -0.4 is 0 Å². The molecule has 0 heterocycles. The van der Waals surface area contributed by atoms with E-state index in [-0.39, 0.29) is 17.5 Å². The fourth-order valence-electron chi connectivity index (χ4n) is 6.70. The summed E-state index contributed by atoms with van der Waals surface area (Å²) in [5, 5.41) is 10.7. The topological polar surface area (TPSA) is 55.8 Å². The second-order valence-electron chi connectivity index (χ2n) is 16.9. The monoisotopic (exact) mass is 719 g/mol. The minimum Gasteiger partial charge on any atom is -0.507 e. The molecule has 1 atom stereocenters. The number of thioether (sulfide) groups is 1. The van der Waals surface area contributed by atoms with Crippen LogP contribution >= 0.6 is 11.8 Å². The summed E-state index contributed by atoms with van der Waals surface area (Å²) in [6.45, 7) is 18.0. The summed E-state index contributed by atoms with van der Waals surface area (Å²) in [6, 6.07) is 4.07. The molecule has 0 aliphatic heterocycles. The molecule has 4 nitrogen and oxygen atoms in total. The molecule has 1 rings (SSSR count). The van der Waals surface area contributed by atoms with Crippen molar-refractivity contribution in [1.82, 2.24) is 0 Å². The van der Waals surface area contributed by atoms with Crippen LogP contribution in [0.25, 0.3) is 0 Å². The van der Waals surface area contributed by atoms with E-state index < -0.39 is 5.41 Å². The van der Waals surface area contributed by atoms with Crippen molar-refractivity contribution in [2.45, 2.75) is 215 Å². The van der Waals surface area contributed by atoms with Crippen molar-refractivity contribution >= 4 is 17.7 Å². The summed E-state index contributed by atoms with van der Waals surface area (Å²) in [5.41, 5.74) is 1.96. The normalized spacial score (nSPS) is 12.8. The Morgan fingerprint density at radius 1 is 0.700 bits per heavy atom. The molecule has 0 saturated heterocycles. The Labute approximate surface area is 315 Å². The van der Waals surface area contributed by atoms with E-state index in [1.54, 1.807) is 0 Å². The Balaban J connectivity index is 2.45. The minimum absolute atomic E-state index is 0.170. The van der Waals surface area contributed by atoms with Crippen molar-refractivity contribution in [3.05, 3.63) is 28.8 Å². The molecule has 0 bridgehead atoms. The van der Waals surface area contributed by atoms with Gasteiger partial charge in [0.1, 0.15) is 11.9 Å². The molecule has 0 aliphatic rings. The van der Waals surface area contributed by atoms with Crippen LogP contribution in [-0.2, 0) is 26.1 Å². The van der Waals surface area contributed by atoms with Crippen LogP contribution in [0, 0.1) is 12.3 Å². The van der Waals surface area contributed by atoms with Gasteiger partial charge in [0, 0.05) is 12.4 Å². The first-order valence-corrected chi connectivity index (χ1v) is 22.3. The number of unbranched alkanes of at least 4 members (excludes halogenated alkanes) is 20. The Morgan fingerprint density at radius 2 is 1.16 bits per heavy atom. The molecule has 0 radical (unpaired) electrons. The molecule has 50 heavy (non-hydrogen) atoms. The highest BCUT2D eigenvalue weighted by atomic mass is 32.2. The highest BCUT2D eigenvalue weighted by Crippen LogP contribution is 2.36. The third-order valence-corrected chi connectivity index (χ3v) is 11.2. The number of carbonyl (C=O) groups is 1. The van der Waals surface area contributed by atoms with E-state index in [9.17, 15) is 9.90 Å². The van der Waals surface area contributed by atoms with Crippen LogP contribution in [0.5, 0.6) is 5.75 Å². The van der Waals surface area contributed by atoms with Crippen molar-refractivity contribution in [2.24, 2.45) is 5.41 Å². The van der Waals surface area contributed by atoms with E-state index >= 15 is 0 Å². The van der Waals surface area contributed by atoms with E-state index in [4.69, 9.17) is 9.47 Å². The van der Waals surface area contributed by atoms with Crippen LogP contribution in [0.2, 0.25) is 0 Å². The molecule has 1 unspecified atom stereocenters. The summed E-state index contributed by atoms with van der Waals surface area (Å²) >= 11 is 1.91. The Morgan fingerprint density at radius 3 is 1.64 bits per heavy atom. The van der Waals surface area contributed by atoms with Gasteiger partial charge in [-0.1, -0.05) is 175 Å². The smallest absolute Gasteiger partial charge is 0.312 e. The fourth-order valence-corrected chi connectivity index (χ4v) is 7.71. The number of phenolic OH excluding ortho intramolecular Hbond substituents is 1. The number of aryl methyl sites for hydroxylation is 1. The molecule has 1 aromatic rings. The van der Waals surface area contributed by atoms with Gasteiger partial charge in [0.05, 0.1) is 12.0 Å². The van der Waals surface area contributed by atoms with Crippen molar-refractivity contribution < 1.29 is 19.4 Å². The number of ether oxygens (including phenoxy) is 2. The van der Waals surface area contributed by atoms with E-state index in [0.717, 1.165) is 41.2 Å². The second-order valence-corrected chi connectivity index (χ2v) is 18.0. The number of carbonyl (C=O) groups excluding carboxylic acids is 1. The van der Waals surface area contributed by atoms with Crippen LogP contribution in [0.1, 0.15) is 206 Å². The van der Waals surface area contributed by atoms with E-state index in [0.29, 0.717) is 18.8 Å². The molecule has 292 valence electrons. The van der Waals surface area contributed by atoms with Crippen LogP contribution in [0.3, 0.4) is 0 Å². The zero-order valence-electron chi connectivity index (χ0n) is 34.4. The lowest BCUT2D eigenvalue weighted by molar-refractivity contribution is -0.161. The summed E-state index contributed by atoms with van der Waals surface area (Å²) in [5.74, 6) is 2.07. The van der Waals surface area contributed by atoms with Gasteiger partial charge in [-0.3, -0.25) is 4.79 Å². The van der Waals surface area contributed by atoms with Gasteiger partial charge in [0.2, 0.25) is 0 Å². The maximum atomic E-state index is 13.6. The summed E-state index contributed by atoms with van der Waals surface area (Å²) in [7, 11) is 0. The van der Waals surface area contributed by atoms with Gasteiger partial charge in [-0.25, -0.2) is 0 Å². The van der Waals surface area contributed by atoms with Gasteiger partial charge < -0.3 is 14.6 Å². The standard InChI is InChI=1S/C45H82O4S/c1-9-11-13-15-17-18-19-20-21-22-23-24-25-26-28-30-32-50-37-40(36-48-31-29-27-16-14-12-10-2)49-43(47)45(7,8)35-39-33-38(3)42(46)41(34-39)44(4,5)6/h33-34,40,46H,9-32,35-37H2,1-8H3. The molecule has 1 N–H and O–H groups in total. The second kappa shape index (κ2) is 28.3. The highest BCUT2D eigenvalue weighted by Gasteiger charge is 2.33. The van der Waals surface area contributed by atoms with Gasteiger partial charge >= 0.3 is 5.97 Å². The molecule has 0 amide bonds. The molecule has 1 aromatic carbocycles. The Bertz CT molecular complexity index is 982. The molecular formula is C45H82O4S.